The van der Waals surface area contributed by atoms with Crippen LogP contribution in [0.2, 0.25) is 0 Å². The number of aliphatic hydroxyl groups excluding tert-OH is 1. The molecule has 0 radical (unpaired) electrons. The lowest BCUT2D eigenvalue weighted by Crippen LogP contribution is -2.20. The van der Waals surface area contributed by atoms with E-state index in [-0.39, 0.29) is 23.4 Å². The molecule has 0 amide bonds. The highest BCUT2D eigenvalue weighted by Crippen LogP contribution is 2.41. The smallest absolute Gasteiger partial charge is 0.152 e. The van der Waals surface area contributed by atoms with E-state index in [9.17, 15) is 14.0 Å². The SMILES string of the molecule is CCCCCc1c(C(C)C)nc(C(C)C)c(C(O)C[S+]([O-])c2ccc(C)cc2)c1-c1ccc(F)cc1. The molecular formula is C31H40FNO2S. The Kier molecular flexibility index (Phi) is 10.1. The second kappa shape index (κ2) is 12.8. The molecule has 1 heterocycles. The van der Waals surface area contributed by atoms with Gasteiger partial charge in [0.25, 0.3) is 0 Å². The van der Waals surface area contributed by atoms with Crippen LogP contribution in [0.15, 0.2) is 53.4 Å². The van der Waals surface area contributed by atoms with Crippen LogP contribution in [-0.4, -0.2) is 20.4 Å². The van der Waals surface area contributed by atoms with E-state index in [1.807, 2.05) is 31.2 Å². The third kappa shape index (κ3) is 6.76. The number of aromatic nitrogens is 1. The summed E-state index contributed by atoms with van der Waals surface area (Å²) in [5, 5.41) is 11.7. The Morgan fingerprint density at radius 2 is 1.53 bits per heavy atom. The number of nitrogens with zero attached hydrogens (tertiary/aromatic N) is 1. The van der Waals surface area contributed by atoms with Crippen LogP contribution in [0.3, 0.4) is 0 Å². The molecule has 0 saturated heterocycles. The highest BCUT2D eigenvalue weighted by atomic mass is 32.2. The maximum Gasteiger partial charge on any atom is 0.152 e. The topological polar surface area (TPSA) is 56.2 Å². The van der Waals surface area contributed by atoms with Gasteiger partial charge < -0.3 is 9.66 Å². The summed E-state index contributed by atoms with van der Waals surface area (Å²) in [5.74, 6) is 0.0415. The first-order chi connectivity index (χ1) is 17.1. The number of aliphatic hydroxyl groups is 1. The van der Waals surface area contributed by atoms with E-state index in [2.05, 4.69) is 34.6 Å². The van der Waals surface area contributed by atoms with Gasteiger partial charge in [-0.25, -0.2) is 4.39 Å². The summed E-state index contributed by atoms with van der Waals surface area (Å²) in [6, 6.07) is 14.1. The Labute approximate surface area is 219 Å². The molecular weight excluding hydrogens is 469 g/mol. The molecule has 0 spiro atoms. The number of unbranched alkanes of at least 4 members (excludes halogenated alkanes) is 2. The summed E-state index contributed by atoms with van der Waals surface area (Å²) < 4.78 is 27.2. The number of pyridine rings is 1. The molecule has 5 heteroatoms. The van der Waals surface area contributed by atoms with Crippen molar-refractivity contribution >= 4 is 11.2 Å². The van der Waals surface area contributed by atoms with Gasteiger partial charge in [0.2, 0.25) is 0 Å². The Hall–Kier alpha value is -2.21. The van der Waals surface area contributed by atoms with E-state index in [1.165, 1.54) is 12.1 Å². The first kappa shape index (κ1) is 28.4. The molecule has 0 saturated carbocycles. The Morgan fingerprint density at radius 3 is 2.08 bits per heavy atom. The van der Waals surface area contributed by atoms with Crippen LogP contribution in [0.4, 0.5) is 4.39 Å². The quantitative estimate of drug-likeness (QED) is 0.210. The van der Waals surface area contributed by atoms with Crippen LogP contribution < -0.4 is 0 Å². The summed E-state index contributed by atoms with van der Waals surface area (Å²) in [6.07, 6.45) is 3.08. The van der Waals surface area contributed by atoms with Gasteiger partial charge in [0, 0.05) is 17.0 Å². The van der Waals surface area contributed by atoms with Crippen molar-refractivity contribution in [2.75, 3.05) is 5.75 Å². The second-order valence-corrected chi connectivity index (χ2v) is 11.8. The van der Waals surface area contributed by atoms with Crippen LogP contribution in [0.25, 0.3) is 11.1 Å². The second-order valence-electron chi connectivity index (χ2n) is 10.3. The van der Waals surface area contributed by atoms with Gasteiger partial charge in [0.1, 0.15) is 17.7 Å². The molecule has 194 valence electrons. The normalized spacial score (nSPS) is 13.4. The summed E-state index contributed by atoms with van der Waals surface area (Å²) in [6.45, 7) is 12.6. The molecule has 36 heavy (non-hydrogen) atoms. The first-order valence-electron chi connectivity index (χ1n) is 13.1. The van der Waals surface area contributed by atoms with E-state index in [1.54, 1.807) is 12.1 Å². The molecule has 0 aliphatic carbocycles. The minimum atomic E-state index is -1.38. The standard InChI is InChI=1S/C31H40FNO2S/c1-7-8-9-10-26-28(23-13-15-24(32)16-14-23)29(31(21(4)5)33-30(26)20(2)3)27(34)19-36(35)25-17-11-22(6)12-18-25/h11-18,20-21,27,34H,7-10,19H2,1-6H3. The van der Waals surface area contributed by atoms with Gasteiger partial charge in [-0.3, -0.25) is 4.98 Å². The van der Waals surface area contributed by atoms with Crippen molar-refractivity contribution in [3.05, 3.63) is 82.4 Å². The molecule has 0 aliphatic rings. The highest BCUT2D eigenvalue weighted by Gasteiger charge is 2.30. The number of benzene rings is 2. The van der Waals surface area contributed by atoms with E-state index in [0.717, 1.165) is 64.9 Å². The maximum atomic E-state index is 13.9. The molecule has 0 fully saturated rings. The largest absolute Gasteiger partial charge is 0.611 e. The van der Waals surface area contributed by atoms with Crippen molar-refractivity contribution in [3.8, 4) is 11.1 Å². The van der Waals surface area contributed by atoms with E-state index in [0.29, 0.717) is 4.90 Å². The summed E-state index contributed by atoms with van der Waals surface area (Å²) in [4.78, 5) is 5.83. The van der Waals surface area contributed by atoms with E-state index in [4.69, 9.17) is 4.98 Å². The molecule has 1 aromatic heterocycles. The van der Waals surface area contributed by atoms with Gasteiger partial charge in [-0.15, -0.1) is 0 Å². The number of hydrogen-bond acceptors (Lipinski definition) is 3. The Balaban J connectivity index is 2.22. The van der Waals surface area contributed by atoms with Crippen LogP contribution in [0.5, 0.6) is 0 Å². The van der Waals surface area contributed by atoms with Crippen molar-refractivity contribution in [1.29, 1.82) is 0 Å². The molecule has 2 aromatic carbocycles. The summed E-state index contributed by atoms with van der Waals surface area (Å²) >= 11 is -1.38. The molecule has 2 unspecified atom stereocenters. The third-order valence-electron chi connectivity index (χ3n) is 6.58. The van der Waals surface area contributed by atoms with Gasteiger partial charge >= 0.3 is 0 Å². The number of halogens is 1. The lowest BCUT2D eigenvalue weighted by molar-refractivity contribution is 0.200. The zero-order chi connectivity index (χ0) is 26.4. The van der Waals surface area contributed by atoms with Crippen LogP contribution >= 0.6 is 0 Å². The van der Waals surface area contributed by atoms with Gasteiger partial charge in [-0.05, 0) is 83.7 Å². The zero-order valence-electron chi connectivity index (χ0n) is 22.5. The predicted octanol–water partition coefficient (Wildman–Crippen LogP) is 8.02. The third-order valence-corrected chi connectivity index (χ3v) is 8.00. The summed E-state index contributed by atoms with van der Waals surface area (Å²) in [7, 11) is 0. The molecule has 0 bridgehead atoms. The molecule has 3 nitrogen and oxygen atoms in total. The van der Waals surface area contributed by atoms with Crippen molar-refractivity contribution < 1.29 is 14.0 Å². The highest BCUT2D eigenvalue weighted by molar-refractivity contribution is 7.91. The van der Waals surface area contributed by atoms with E-state index < -0.39 is 17.3 Å². The minimum Gasteiger partial charge on any atom is -0.611 e. The first-order valence-corrected chi connectivity index (χ1v) is 14.4. The van der Waals surface area contributed by atoms with Crippen molar-refractivity contribution in [2.45, 2.75) is 90.1 Å². The van der Waals surface area contributed by atoms with Crippen LogP contribution in [0, 0.1) is 12.7 Å². The van der Waals surface area contributed by atoms with Gasteiger partial charge in [0.15, 0.2) is 4.90 Å². The molecule has 2 atom stereocenters. The van der Waals surface area contributed by atoms with Crippen molar-refractivity contribution in [2.24, 2.45) is 0 Å². The lowest BCUT2D eigenvalue weighted by Gasteiger charge is -2.27. The van der Waals surface area contributed by atoms with Gasteiger partial charge in [-0.1, -0.05) is 77.3 Å². The minimum absolute atomic E-state index is 0.0591. The number of aryl methyl sites for hydroxylation is 1. The fraction of sp³-hybridized carbons (Fsp3) is 0.452. The van der Waals surface area contributed by atoms with Crippen molar-refractivity contribution in [1.82, 2.24) is 4.98 Å². The molecule has 3 rings (SSSR count). The predicted molar refractivity (Wildman–Crippen MR) is 148 cm³/mol. The average molecular weight is 510 g/mol. The van der Waals surface area contributed by atoms with Crippen LogP contribution in [-0.2, 0) is 17.6 Å². The van der Waals surface area contributed by atoms with E-state index >= 15 is 0 Å². The lowest BCUT2D eigenvalue weighted by atomic mass is 9.83. The number of rotatable bonds is 11. The Bertz CT molecular complexity index is 1130. The fourth-order valence-corrected chi connectivity index (χ4v) is 5.78. The monoisotopic (exact) mass is 509 g/mol. The zero-order valence-corrected chi connectivity index (χ0v) is 23.3. The maximum absolute atomic E-state index is 13.9. The van der Waals surface area contributed by atoms with Gasteiger partial charge in [-0.2, -0.15) is 0 Å². The average Bonchev–Trinajstić information content (AvgIpc) is 2.84. The van der Waals surface area contributed by atoms with Gasteiger partial charge in [0.05, 0.1) is 0 Å². The molecule has 1 N–H and O–H groups in total. The van der Waals surface area contributed by atoms with Crippen LogP contribution in [0.1, 0.15) is 99.9 Å². The Morgan fingerprint density at radius 1 is 0.917 bits per heavy atom. The number of hydrogen-bond donors (Lipinski definition) is 1. The summed E-state index contributed by atoms with van der Waals surface area (Å²) in [5.41, 5.74) is 6.60. The molecule has 0 aliphatic heterocycles. The van der Waals surface area contributed by atoms with Crippen molar-refractivity contribution in [3.63, 3.8) is 0 Å². The molecule has 3 aromatic rings. The fourth-order valence-electron chi connectivity index (χ4n) is 4.70.